The first-order valence-corrected chi connectivity index (χ1v) is 9.12. The molecule has 0 aliphatic carbocycles. The second-order valence-electron chi connectivity index (χ2n) is 5.03. The molecule has 1 aromatic heterocycles. The van der Waals surface area contributed by atoms with Gasteiger partial charge in [0.25, 0.3) is 0 Å². The molecule has 0 radical (unpaired) electrons. The van der Waals surface area contributed by atoms with E-state index in [0.29, 0.717) is 23.9 Å². The van der Waals surface area contributed by atoms with Crippen LogP contribution in [-0.4, -0.2) is 32.9 Å². The summed E-state index contributed by atoms with van der Waals surface area (Å²) in [6.07, 6.45) is 3.13. The fourth-order valence-corrected chi connectivity index (χ4v) is 5.21. The SMILES string of the molecule is CCC1CCN(S(=O)(=O)c2csc(CNC)c2)CC1. The monoisotopic (exact) mass is 302 g/mol. The lowest BCUT2D eigenvalue weighted by atomic mass is 9.96. The molecular weight excluding hydrogens is 280 g/mol. The van der Waals surface area contributed by atoms with Crippen molar-refractivity contribution in [2.45, 2.75) is 37.6 Å². The number of hydrogen-bond acceptors (Lipinski definition) is 4. The van der Waals surface area contributed by atoms with Gasteiger partial charge in [0.05, 0.1) is 4.90 Å². The minimum Gasteiger partial charge on any atom is -0.315 e. The lowest BCUT2D eigenvalue weighted by Gasteiger charge is -2.30. The van der Waals surface area contributed by atoms with Crippen molar-refractivity contribution in [2.75, 3.05) is 20.1 Å². The second-order valence-corrected chi connectivity index (χ2v) is 7.97. The van der Waals surface area contributed by atoms with Crippen LogP contribution in [0.2, 0.25) is 0 Å². The molecule has 6 heteroatoms. The van der Waals surface area contributed by atoms with Crippen molar-refractivity contribution < 1.29 is 8.42 Å². The van der Waals surface area contributed by atoms with Crippen molar-refractivity contribution in [1.82, 2.24) is 9.62 Å². The van der Waals surface area contributed by atoms with E-state index in [9.17, 15) is 8.42 Å². The van der Waals surface area contributed by atoms with Crippen LogP contribution in [0.1, 0.15) is 31.1 Å². The number of thiophene rings is 1. The molecule has 108 valence electrons. The molecule has 1 fully saturated rings. The predicted molar refractivity (Wildman–Crippen MR) is 78.9 cm³/mol. The van der Waals surface area contributed by atoms with Crippen LogP contribution in [0.5, 0.6) is 0 Å². The second kappa shape index (κ2) is 6.35. The van der Waals surface area contributed by atoms with Crippen LogP contribution in [-0.2, 0) is 16.6 Å². The molecule has 1 aromatic rings. The number of sulfonamides is 1. The van der Waals surface area contributed by atoms with Gasteiger partial charge in [-0.25, -0.2) is 8.42 Å². The Morgan fingerprint density at radius 2 is 2.11 bits per heavy atom. The normalized spacial score (nSPS) is 18.8. The average Bonchev–Trinajstić information content (AvgIpc) is 2.89. The fourth-order valence-electron chi connectivity index (χ4n) is 2.47. The molecule has 0 amide bonds. The van der Waals surface area contributed by atoms with Gasteiger partial charge in [-0.05, 0) is 31.9 Å². The van der Waals surface area contributed by atoms with E-state index < -0.39 is 10.0 Å². The highest BCUT2D eigenvalue weighted by molar-refractivity contribution is 7.89. The molecule has 4 nitrogen and oxygen atoms in total. The number of nitrogens with zero attached hydrogens (tertiary/aromatic N) is 1. The summed E-state index contributed by atoms with van der Waals surface area (Å²) in [4.78, 5) is 1.52. The maximum Gasteiger partial charge on any atom is 0.243 e. The Labute approximate surface area is 119 Å². The number of nitrogens with one attached hydrogen (secondary N) is 1. The molecule has 0 aromatic carbocycles. The van der Waals surface area contributed by atoms with Gasteiger partial charge in [0.1, 0.15) is 0 Å². The molecular formula is C13H22N2O2S2. The maximum atomic E-state index is 12.5. The molecule has 2 rings (SSSR count). The van der Waals surface area contributed by atoms with Crippen LogP contribution in [0.15, 0.2) is 16.3 Å². The third-order valence-corrected chi connectivity index (χ3v) is 6.73. The van der Waals surface area contributed by atoms with Gasteiger partial charge in [0.15, 0.2) is 0 Å². The van der Waals surface area contributed by atoms with Gasteiger partial charge in [-0.1, -0.05) is 13.3 Å². The third-order valence-electron chi connectivity index (χ3n) is 3.77. The fraction of sp³-hybridized carbons (Fsp3) is 0.692. The summed E-state index contributed by atoms with van der Waals surface area (Å²) in [6.45, 7) is 4.23. The predicted octanol–water partition coefficient (Wildman–Crippen LogP) is 2.28. The standard InChI is InChI=1S/C13H22N2O2S2/c1-3-11-4-6-15(7-5-11)19(16,17)13-8-12(9-14-2)18-10-13/h8,10-11,14H,3-7,9H2,1-2H3. The first-order valence-electron chi connectivity index (χ1n) is 6.80. The van der Waals surface area contributed by atoms with E-state index in [1.165, 1.54) is 11.3 Å². The summed E-state index contributed by atoms with van der Waals surface area (Å²) in [6, 6.07) is 1.79. The molecule has 0 saturated carbocycles. The number of rotatable bonds is 5. The van der Waals surface area contributed by atoms with E-state index in [-0.39, 0.29) is 0 Å². The summed E-state index contributed by atoms with van der Waals surface area (Å²) in [5.41, 5.74) is 0. The zero-order chi connectivity index (χ0) is 13.9. The maximum absolute atomic E-state index is 12.5. The average molecular weight is 302 g/mol. The summed E-state index contributed by atoms with van der Waals surface area (Å²) >= 11 is 1.50. The highest BCUT2D eigenvalue weighted by Crippen LogP contribution is 2.27. The van der Waals surface area contributed by atoms with Crippen molar-refractivity contribution in [1.29, 1.82) is 0 Å². The zero-order valence-corrected chi connectivity index (χ0v) is 13.2. The number of hydrogen-bond donors (Lipinski definition) is 1. The molecule has 2 heterocycles. The number of piperidine rings is 1. The zero-order valence-electron chi connectivity index (χ0n) is 11.6. The van der Waals surface area contributed by atoms with E-state index in [0.717, 1.165) is 30.7 Å². The van der Waals surface area contributed by atoms with Gasteiger partial charge in [0, 0.05) is 29.9 Å². The Morgan fingerprint density at radius 3 is 2.68 bits per heavy atom. The summed E-state index contributed by atoms with van der Waals surface area (Å²) < 4.78 is 26.7. The van der Waals surface area contributed by atoms with Crippen LogP contribution in [0, 0.1) is 5.92 Å². The molecule has 0 atom stereocenters. The first kappa shape index (κ1) is 15.0. The Hall–Kier alpha value is -0.430. The lowest BCUT2D eigenvalue weighted by molar-refractivity contribution is 0.269. The Morgan fingerprint density at radius 1 is 1.42 bits per heavy atom. The van der Waals surface area contributed by atoms with Crippen LogP contribution in [0.3, 0.4) is 0 Å². The molecule has 1 aliphatic rings. The van der Waals surface area contributed by atoms with Crippen LogP contribution >= 0.6 is 11.3 Å². The van der Waals surface area contributed by atoms with E-state index in [1.807, 2.05) is 7.05 Å². The molecule has 1 N–H and O–H groups in total. The van der Waals surface area contributed by atoms with Crippen molar-refractivity contribution >= 4 is 21.4 Å². The molecule has 19 heavy (non-hydrogen) atoms. The van der Waals surface area contributed by atoms with Crippen molar-refractivity contribution in [3.05, 3.63) is 16.3 Å². The van der Waals surface area contributed by atoms with Crippen molar-refractivity contribution in [3.63, 3.8) is 0 Å². The molecule has 1 aliphatic heterocycles. The molecule has 1 saturated heterocycles. The van der Waals surface area contributed by atoms with E-state index in [1.54, 1.807) is 15.8 Å². The largest absolute Gasteiger partial charge is 0.315 e. The minimum atomic E-state index is -3.28. The first-order chi connectivity index (χ1) is 9.07. The van der Waals surface area contributed by atoms with E-state index >= 15 is 0 Å². The summed E-state index contributed by atoms with van der Waals surface area (Å²) in [5, 5.41) is 4.80. The van der Waals surface area contributed by atoms with Crippen LogP contribution < -0.4 is 5.32 Å². The molecule has 0 bridgehead atoms. The Kier molecular flexibility index (Phi) is 5.00. The third kappa shape index (κ3) is 3.37. The van der Waals surface area contributed by atoms with Crippen LogP contribution in [0.25, 0.3) is 0 Å². The van der Waals surface area contributed by atoms with Crippen LogP contribution in [0.4, 0.5) is 0 Å². The quantitative estimate of drug-likeness (QED) is 0.908. The summed E-state index contributed by atoms with van der Waals surface area (Å²) in [5.74, 6) is 0.689. The van der Waals surface area contributed by atoms with Crippen molar-refractivity contribution in [3.8, 4) is 0 Å². The van der Waals surface area contributed by atoms with Gasteiger partial charge < -0.3 is 5.32 Å². The lowest BCUT2D eigenvalue weighted by Crippen LogP contribution is -2.38. The minimum absolute atomic E-state index is 0.456. The molecule has 0 spiro atoms. The topological polar surface area (TPSA) is 49.4 Å². The van der Waals surface area contributed by atoms with Gasteiger partial charge in [0.2, 0.25) is 10.0 Å². The van der Waals surface area contributed by atoms with Gasteiger partial charge >= 0.3 is 0 Å². The highest BCUT2D eigenvalue weighted by atomic mass is 32.2. The van der Waals surface area contributed by atoms with Gasteiger partial charge in [-0.3, -0.25) is 0 Å². The highest BCUT2D eigenvalue weighted by Gasteiger charge is 2.29. The summed E-state index contributed by atoms with van der Waals surface area (Å²) in [7, 11) is -1.41. The van der Waals surface area contributed by atoms with Gasteiger partial charge in [-0.2, -0.15) is 4.31 Å². The molecule has 0 unspecified atom stereocenters. The Balaban J connectivity index is 2.09. The van der Waals surface area contributed by atoms with E-state index in [2.05, 4.69) is 12.2 Å². The van der Waals surface area contributed by atoms with Gasteiger partial charge in [-0.15, -0.1) is 11.3 Å². The van der Waals surface area contributed by atoms with E-state index in [4.69, 9.17) is 0 Å². The Bertz CT molecular complexity index is 502. The smallest absolute Gasteiger partial charge is 0.243 e. The van der Waals surface area contributed by atoms with Crippen molar-refractivity contribution in [2.24, 2.45) is 5.92 Å².